The molecule has 0 spiro atoms. The van der Waals surface area contributed by atoms with Crippen LogP contribution in [-0.2, 0) is 0 Å². The van der Waals surface area contributed by atoms with E-state index in [4.69, 9.17) is 32.2 Å². The number of hydrogen-bond acceptors (Lipinski definition) is 13. The van der Waals surface area contributed by atoms with E-state index in [0.717, 1.165) is 138 Å². The van der Waals surface area contributed by atoms with Crippen molar-refractivity contribution in [2.75, 3.05) is 9.80 Å². The van der Waals surface area contributed by atoms with Crippen molar-refractivity contribution >= 4 is 141 Å². The molecule has 88 heavy (non-hydrogen) atoms. The van der Waals surface area contributed by atoms with Gasteiger partial charge in [-0.1, -0.05) is 137 Å². The molecule has 0 radical (unpaired) electrons. The number of fused-ring (bicyclic) bond motifs is 17. The Bertz CT molecular complexity index is 5390. The molecule has 12 aromatic carbocycles. The molecule has 0 saturated carbocycles. The topological polar surface area (TPSA) is 164 Å². The summed E-state index contributed by atoms with van der Waals surface area (Å²) >= 11 is 3.54. The number of anilines is 6. The van der Waals surface area contributed by atoms with E-state index in [1.54, 1.807) is 24.3 Å². The zero-order chi connectivity index (χ0) is 58.9. The molecule has 16 heteroatoms. The van der Waals surface area contributed by atoms with Crippen LogP contribution in [0.15, 0.2) is 254 Å². The summed E-state index contributed by atoms with van der Waals surface area (Å²) in [5.74, 6) is 4.88. The van der Waals surface area contributed by atoms with Crippen LogP contribution in [0.4, 0.5) is 34.1 Å². The molecule has 420 valence electrons. The second-order valence-electron chi connectivity index (χ2n) is 21.6. The second-order valence-corrected chi connectivity index (χ2v) is 22.5. The van der Waals surface area contributed by atoms with E-state index in [1.807, 2.05) is 138 Å². The number of rotatable bonds is 4. The Labute approximate surface area is 509 Å². The third kappa shape index (κ3) is 8.26. The van der Waals surface area contributed by atoms with Crippen LogP contribution in [0.25, 0.3) is 88.1 Å². The van der Waals surface area contributed by atoms with Gasteiger partial charge in [0.25, 0.3) is 0 Å². The van der Waals surface area contributed by atoms with E-state index in [-0.39, 0.29) is 10.9 Å². The van der Waals surface area contributed by atoms with Gasteiger partial charge in [-0.25, -0.2) is 0 Å². The van der Waals surface area contributed by atoms with Crippen LogP contribution >= 0.6 is 15.9 Å². The number of furan rings is 3. The molecular weight excluding hydrogens is 1170 g/mol. The first-order chi connectivity index (χ1) is 43.2. The molecule has 0 aliphatic carbocycles. The Morgan fingerprint density at radius 1 is 0.295 bits per heavy atom. The monoisotopic (exact) mass is 1210 g/mol. The van der Waals surface area contributed by atoms with Crippen molar-refractivity contribution in [3.8, 4) is 68.2 Å². The van der Waals surface area contributed by atoms with Crippen LogP contribution in [0.3, 0.4) is 0 Å². The lowest BCUT2D eigenvalue weighted by Gasteiger charge is -2.38. The van der Waals surface area contributed by atoms with E-state index < -0.39 is 14.2 Å². The molecule has 4 N–H and O–H groups in total. The first kappa shape index (κ1) is 51.7. The van der Waals surface area contributed by atoms with Crippen molar-refractivity contribution in [3.63, 3.8) is 0 Å². The molecule has 4 aliphatic rings. The Kier molecular flexibility index (Phi) is 11.9. The minimum absolute atomic E-state index is 0.227. The zero-order valence-electron chi connectivity index (χ0n) is 46.1. The summed E-state index contributed by atoms with van der Waals surface area (Å²) in [5, 5.41) is 44.8. The Hall–Kier alpha value is -10.7. The van der Waals surface area contributed by atoms with E-state index >= 15 is 0 Å². The van der Waals surface area contributed by atoms with Crippen molar-refractivity contribution in [2.24, 2.45) is 0 Å². The van der Waals surface area contributed by atoms with Gasteiger partial charge in [-0.15, -0.1) is 0 Å². The molecule has 0 saturated heterocycles. The van der Waals surface area contributed by atoms with E-state index in [9.17, 15) is 20.1 Å². The smallest absolute Gasteiger partial charge is 0.456 e. The second kappa shape index (κ2) is 20.2. The number of halogens is 1. The molecule has 0 fully saturated rings. The van der Waals surface area contributed by atoms with E-state index in [0.29, 0.717) is 34.4 Å². The molecule has 3 aromatic heterocycles. The summed E-state index contributed by atoms with van der Waals surface area (Å²) < 4.78 is 44.6. The Balaban J connectivity index is 0.000000122. The van der Waals surface area contributed by atoms with Gasteiger partial charge in [0, 0.05) is 36.8 Å². The first-order valence-corrected chi connectivity index (χ1v) is 29.2. The summed E-state index contributed by atoms with van der Waals surface area (Å²) in [5.41, 5.74) is 15.0. The van der Waals surface area contributed by atoms with Gasteiger partial charge in [0.1, 0.15) is 44.9 Å². The van der Waals surface area contributed by atoms with Gasteiger partial charge in [-0.2, -0.15) is 0 Å². The van der Waals surface area contributed by atoms with Gasteiger partial charge in [0.2, 0.25) is 0 Å². The minimum atomic E-state index is -1.68. The highest BCUT2D eigenvalue weighted by atomic mass is 79.9. The van der Waals surface area contributed by atoms with Gasteiger partial charge in [0.15, 0.2) is 46.0 Å². The normalized spacial score (nSPS) is 12.7. The third-order valence-electron chi connectivity index (χ3n) is 16.4. The van der Waals surface area contributed by atoms with E-state index in [1.165, 1.54) is 6.07 Å². The number of hydrogen-bond donors (Lipinski definition) is 4. The first-order valence-electron chi connectivity index (χ1n) is 28.4. The standard InChI is InChI=1S/C42H23NO4.C18H13B2NO6.C12H7BrO/c1-4-14-32-28(9-1)40-26(11-7-17-35(40)44-32)24-19-20-31-37(21-24)47-39-23-25(22-38-42(39)43(31)30-13-3-6-16-34(30)46-38)27-12-8-18-36-41(27)29-10-2-5-15-33(29)45-36;22-19(23)10-5-6-13-15(7-10)27-17-9-11(20(24)25)8-16-18(17)21(13)12-3-1-2-4-14(12)26-16;13-9-5-3-7-11-12(9)8-4-1-2-6-10(8)14-11/h1-23H;1-9,22-25H;1-7H. The van der Waals surface area contributed by atoms with Crippen molar-refractivity contribution in [1.82, 2.24) is 0 Å². The summed E-state index contributed by atoms with van der Waals surface area (Å²) in [6.07, 6.45) is 0. The molecule has 0 atom stereocenters. The number of nitrogens with zero attached hydrogens (tertiary/aromatic N) is 2. The lowest BCUT2D eigenvalue weighted by atomic mass is 9.79. The van der Waals surface area contributed by atoms with Crippen LogP contribution < -0.4 is 39.7 Å². The van der Waals surface area contributed by atoms with Crippen LogP contribution in [-0.4, -0.2) is 34.3 Å². The fourth-order valence-electron chi connectivity index (χ4n) is 12.6. The third-order valence-corrected chi connectivity index (χ3v) is 17.1. The quantitative estimate of drug-likeness (QED) is 0.123. The Morgan fingerprint density at radius 3 is 1.20 bits per heavy atom. The lowest BCUT2D eigenvalue weighted by Crippen LogP contribution is -2.32. The largest absolute Gasteiger partial charge is 0.488 e. The van der Waals surface area contributed by atoms with Crippen molar-refractivity contribution in [1.29, 1.82) is 0 Å². The number of benzene rings is 12. The van der Waals surface area contributed by atoms with Crippen LogP contribution in [0.5, 0.6) is 46.0 Å². The summed E-state index contributed by atoms with van der Waals surface area (Å²) in [6, 6.07) is 77.2. The molecule has 0 unspecified atom stereocenters. The van der Waals surface area contributed by atoms with Crippen LogP contribution in [0.2, 0.25) is 0 Å². The number of para-hydroxylation sites is 7. The highest BCUT2D eigenvalue weighted by Gasteiger charge is 2.38. The summed E-state index contributed by atoms with van der Waals surface area (Å²) in [6.45, 7) is 0. The molecule has 7 heterocycles. The van der Waals surface area contributed by atoms with Crippen LogP contribution in [0, 0.1) is 0 Å². The predicted octanol–water partition coefficient (Wildman–Crippen LogP) is 17.6. The molecular formula is C72H43B2BrN2O11. The highest BCUT2D eigenvalue weighted by molar-refractivity contribution is 9.10. The fourth-order valence-corrected chi connectivity index (χ4v) is 13.1. The molecule has 15 aromatic rings. The van der Waals surface area contributed by atoms with Crippen molar-refractivity contribution < 1.29 is 52.3 Å². The maximum Gasteiger partial charge on any atom is 0.488 e. The van der Waals surface area contributed by atoms with Crippen LogP contribution in [0.1, 0.15) is 0 Å². The number of ether oxygens (including phenoxy) is 4. The lowest BCUT2D eigenvalue weighted by molar-refractivity contribution is 0.422. The molecule has 0 amide bonds. The zero-order valence-corrected chi connectivity index (χ0v) is 47.7. The van der Waals surface area contributed by atoms with Crippen molar-refractivity contribution in [3.05, 3.63) is 241 Å². The van der Waals surface area contributed by atoms with Gasteiger partial charge >= 0.3 is 14.2 Å². The molecule has 0 bridgehead atoms. The van der Waals surface area contributed by atoms with Gasteiger partial charge < -0.3 is 52.3 Å². The fraction of sp³-hybridized carbons (Fsp3) is 0. The summed E-state index contributed by atoms with van der Waals surface area (Å²) in [7, 11) is -3.31. The average molecular weight is 1210 g/mol. The molecule has 4 aliphatic heterocycles. The minimum Gasteiger partial charge on any atom is -0.456 e. The predicted molar refractivity (Wildman–Crippen MR) is 349 cm³/mol. The van der Waals surface area contributed by atoms with Gasteiger partial charge in [0.05, 0.1) is 22.7 Å². The maximum absolute atomic E-state index is 9.60. The highest BCUT2D eigenvalue weighted by Crippen LogP contribution is 2.62. The maximum atomic E-state index is 9.60. The van der Waals surface area contributed by atoms with Crippen molar-refractivity contribution in [2.45, 2.75) is 0 Å². The van der Waals surface area contributed by atoms with Gasteiger partial charge in [-0.3, -0.25) is 9.80 Å². The average Bonchev–Trinajstić information content (AvgIpc) is 1.11. The SMILES string of the molecule is Brc1cccc2oc3ccccc3c12.OB(O)c1ccc2c(c1)Oc1cc(B(O)O)cc3c1N2c1ccccc1O3.c1ccc2c(c1)Oc1cc(-c3cccc4oc5ccccc5c34)cc3c1N2c1ccc(-c2cccc4oc5ccccc5c24)cc1O3. The Morgan fingerprint density at radius 2 is 0.670 bits per heavy atom. The molecule has 13 nitrogen and oxygen atoms in total. The van der Waals surface area contributed by atoms with Gasteiger partial charge in [-0.05, 0) is 148 Å². The van der Waals surface area contributed by atoms with E-state index in [2.05, 4.69) is 93.6 Å². The summed E-state index contributed by atoms with van der Waals surface area (Å²) in [4.78, 5) is 4.21. The molecule has 19 rings (SSSR count).